The Bertz CT molecular complexity index is 500. The van der Waals surface area contributed by atoms with E-state index in [9.17, 15) is 0 Å². The lowest BCUT2D eigenvalue weighted by molar-refractivity contribution is 0.897. The van der Waals surface area contributed by atoms with Crippen molar-refractivity contribution in [3.63, 3.8) is 0 Å². The first-order chi connectivity index (χ1) is 8.16. The average Bonchev–Trinajstić information content (AvgIpc) is 2.78. The van der Waals surface area contributed by atoms with Gasteiger partial charge in [0.05, 0.1) is 10.0 Å². The van der Waals surface area contributed by atoms with Gasteiger partial charge in [-0.25, -0.2) is 9.97 Å². The van der Waals surface area contributed by atoms with Crippen molar-refractivity contribution in [3.05, 3.63) is 33.4 Å². The van der Waals surface area contributed by atoms with Crippen molar-refractivity contribution >= 4 is 40.6 Å². The molecular formula is C9H8Cl3N5. The van der Waals surface area contributed by atoms with Crippen molar-refractivity contribution in [2.24, 2.45) is 0 Å². The lowest BCUT2D eigenvalue weighted by atomic mass is 10.4. The van der Waals surface area contributed by atoms with Gasteiger partial charge in [0.1, 0.15) is 23.1 Å². The molecule has 17 heavy (non-hydrogen) atoms. The van der Waals surface area contributed by atoms with Gasteiger partial charge >= 0.3 is 0 Å². The first kappa shape index (κ1) is 12.4. The molecule has 5 nitrogen and oxygen atoms in total. The van der Waals surface area contributed by atoms with Crippen LogP contribution in [0.3, 0.4) is 0 Å². The van der Waals surface area contributed by atoms with Gasteiger partial charge in [-0.15, -0.1) is 0 Å². The summed E-state index contributed by atoms with van der Waals surface area (Å²) in [4.78, 5) is 8.03. The minimum atomic E-state index is 0.221. The molecule has 0 radical (unpaired) electrons. The van der Waals surface area contributed by atoms with Crippen LogP contribution in [0.5, 0.6) is 0 Å². The SMILES string of the molecule is Clc1cc(Cl)c(NCCc2ncn[nH]2)nc1Cl. The van der Waals surface area contributed by atoms with Gasteiger partial charge in [0.15, 0.2) is 0 Å². The number of hydrogen-bond donors (Lipinski definition) is 2. The normalized spacial score (nSPS) is 10.5. The van der Waals surface area contributed by atoms with E-state index in [1.54, 1.807) is 6.07 Å². The van der Waals surface area contributed by atoms with Crippen LogP contribution in [0.15, 0.2) is 12.4 Å². The smallest absolute Gasteiger partial charge is 0.150 e. The number of rotatable bonds is 4. The molecule has 2 N–H and O–H groups in total. The zero-order chi connectivity index (χ0) is 12.3. The summed E-state index contributed by atoms with van der Waals surface area (Å²) >= 11 is 17.5. The lowest BCUT2D eigenvalue weighted by Crippen LogP contribution is -2.08. The summed E-state index contributed by atoms with van der Waals surface area (Å²) in [5, 5.41) is 10.5. The highest BCUT2D eigenvalue weighted by molar-refractivity contribution is 6.42. The van der Waals surface area contributed by atoms with Crippen molar-refractivity contribution < 1.29 is 0 Å². The fourth-order valence-electron chi connectivity index (χ4n) is 1.22. The van der Waals surface area contributed by atoms with Gasteiger partial charge in [0, 0.05) is 13.0 Å². The maximum absolute atomic E-state index is 5.96. The summed E-state index contributed by atoms with van der Waals surface area (Å²) in [5.74, 6) is 1.29. The molecule has 0 amide bonds. The van der Waals surface area contributed by atoms with Crippen molar-refractivity contribution in [1.82, 2.24) is 20.2 Å². The van der Waals surface area contributed by atoms with E-state index in [0.717, 1.165) is 5.82 Å². The summed E-state index contributed by atoms with van der Waals surface area (Å²) in [6, 6.07) is 1.55. The predicted molar refractivity (Wildman–Crippen MR) is 67.8 cm³/mol. The number of aromatic nitrogens is 4. The van der Waals surface area contributed by atoms with Crippen molar-refractivity contribution in [2.75, 3.05) is 11.9 Å². The third kappa shape index (κ3) is 3.21. The summed E-state index contributed by atoms with van der Waals surface area (Å²) in [6.07, 6.45) is 2.14. The highest BCUT2D eigenvalue weighted by atomic mass is 35.5. The molecule has 0 saturated heterocycles. The fraction of sp³-hybridized carbons (Fsp3) is 0.222. The Kier molecular flexibility index (Phi) is 4.04. The van der Waals surface area contributed by atoms with E-state index in [0.29, 0.717) is 28.8 Å². The van der Waals surface area contributed by atoms with Crippen LogP contribution in [0.2, 0.25) is 15.2 Å². The van der Waals surface area contributed by atoms with Crippen molar-refractivity contribution in [3.8, 4) is 0 Å². The maximum atomic E-state index is 5.96. The summed E-state index contributed by atoms with van der Waals surface area (Å²) in [7, 11) is 0. The summed E-state index contributed by atoms with van der Waals surface area (Å²) in [5.41, 5.74) is 0. The van der Waals surface area contributed by atoms with Gasteiger partial charge in [-0.1, -0.05) is 34.8 Å². The average molecular weight is 293 g/mol. The highest BCUT2D eigenvalue weighted by Gasteiger charge is 2.07. The molecule has 2 aromatic rings. The lowest BCUT2D eigenvalue weighted by Gasteiger charge is -2.07. The van der Waals surface area contributed by atoms with Gasteiger partial charge in [-0.3, -0.25) is 5.10 Å². The van der Waals surface area contributed by atoms with Gasteiger partial charge in [-0.05, 0) is 6.07 Å². The van der Waals surface area contributed by atoms with E-state index in [1.807, 2.05) is 0 Å². The molecule has 0 unspecified atom stereocenters. The minimum Gasteiger partial charge on any atom is -0.368 e. The Labute approximate surface area is 113 Å². The molecule has 0 spiro atoms. The molecule has 2 aromatic heterocycles. The second-order valence-corrected chi connectivity index (χ2v) is 4.37. The molecular weight excluding hydrogens is 284 g/mol. The number of H-pyrrole nitrogens is 1. The van der Waals surface area contributed by atoms with Crippen LogP contribution in [0.1, 0.15) is 5.82 Å². The van der Waals surface area contributed by atoms with Crippen LogP contribution in [-0.4, -0.2) is 26.7 Å². The van der Waals surface area contributed by atoms with E-state index in [2.05, 4.69) is 25.5 Å². The first-order valence-corrected chi connectivity index (χ1v) is 5.90. The molecule has 0 aliphatic heterocycles. The molecule has 0 aliphatic rings. The molecule has 2 rings (SSSR count). The number of anilines is 1. The molecule has 0 aromatic carbocycles. The van der Waals surface area contributed by atoms with Crippen LogP contribution in [0, 0.1) is 0 Å². The van der Waals surface area contributed by atoms with Crippen LogP contribution in [0.25, 0.3) is 0 Å². The zero-order valence-electron chi connectivity index (χ0n) is 8.54. The van der Waals surface area contributed by atoms with E-state index >= 15 is 0 Å². The standard InChI is InChI=1S/C9H8Cl3N5/c10-5-3-6(11)9(16-8(5)12)13-2-1-7-14-4-15-17-7/h3-4H,1-2H2,(H,13,16)(H,14,15,17). The van der Waals surface area contributed by atoms with Gasteiger partial charge < -0.3 is 5.32 Å². The molecule has 90 valence electrons. The Morgan fingerprint density at radius 2 is 2.06 bits per heavy atom. The van der Waals surface area contributed by atoms with Crippen molar-refractivity contribution in [2.45, 2.75) is 6.42 Å². The Hall–Kier alpha value is -1.04. The fourth-order valence-corrected chi connectivity index (χ4v) is 1.78. The predicted octanol–water partition coefficient (Wildman–Crippen LogP) is 2.81. The maximum Gasteiger partial charge on any atom is 0.150 e. The topological polar surface area (TPSA) is 66.5 Å². The van der Waals surface area contributed by atoms with Gasteiger partial charge in [-0.2, -0.15) is 5.10 Å². The molecule has 8 heteroatoms. The van der Waals surface area contributed by atoms with Crippen LogP contribution >= 0.6 is 34.8 Å². The second-order valence-electron chi connectivity index (χ2n) is 3.20. The monoisotopic (exact) mass is 291 g/mol. The Balaban J connectivity index is 1.97. The van der Waals surface area contributed by atoms with E-state index < -0.39 is 0 Å². The van der Waals surface area contributed by atoms with Crippen molar-refractivity contribution in [1.29, 1.82) is 0 Å². The highest BCUT2D eigenvalue weighted by Crippen LogP contribution is 2.28. The third-order valence-corrected chi connectivity index (χ3v) is 2.97. The number of halogens is 3. The van der Waals surface area contributed by atoms with E-state index in [-0.39, 0.29) is 5.15 Å². The number of hydrogen-bond acceptors (Lipinski definition) is 4. The number of nitrogens with zero attached hydrogens (tertiary/aromatic N) is 3. The van der Waals surface area contributed by atoms with Crippen LogP contribution in [0.4, 0.5) is 5.82 Å². The molecule has 0 atom stereocenters. The Morgan fingerprint density at radius 1 is 1.24 bits per heavy atom. The van der Waals surface area contributed by atoms with Crippen LogP contribution < -0.4 is 5.32 Å². The summed E-state index contributed by atoms with van der Waals surface area (Å²) < 4.78 is 0. The molecule has 0 bridgehead atoms. The molecule has 0 fully saturated rings. The molecule has 2 heterocycles. The summed E-state index contributed by atoms with van der Waals surface area (Å²) in [6.45, 7) is 0.611. The molecule has 0 saturated carbocycles. The minimum absolute atomic E-state index is 0.221. The van der Waals surface area contributed by atoms with Gasteiger partial charge in [0.25, 0.3) is 0 Å². The third-order valence-electron chi connectivity index (χ3n) is 2.01. The number of pyridine rings is 1. The van der Waals surface area contributed by atoms with Gasteiger partial charge in [0.2, 0.25) is 0 Å². The zero-order valence-corrected chi connectivity index (χ0v) is 10.8. The first-order valence-electron chi connectivity index (χ1n) is 4.76. The van der Waals surface area contributed by atoms with E-state index in [1.165, 1.54) is 6.33 Å². The largest absolute Gasteiger partial charge is 0.368 e. The van der Waals surface area contributed by atoms with E-state index in [4.69, 9.17) is 34.8 Å². The number of nitrogens with one attached hydrogen (secondary N) is 2. The Morgan fingerprint density at radius 3 is 2.76 bits per heavy atom. The second kappa shape index (κ2) is 5.53. The quantitative estimate of drug-likeness (QED) is 0.850. The molecule has 0 aliphatic carbocycles. The van der Waals surface area contributed by atoms with Crippen LogP contribution in [-0.2, 0) is 6.42 Å². The number of aromatic amines is 1.